The van der Waals surface area contributed by atoms with E-state index in [1.165, 1.54) is 12.1 Å². The van der Waals surface area contributed by atoms with Crippen LogP contribution in [0.1, 0.15) is 43.9 Å². The lowest BCUT2D eigenvalue weighted by atomic mass is 10.0. The average molecular weight is 455 g/mol. The number of carbonyl (C=O) groups excluding carboxylic acids is 1. The van der Waals surface area contributed by atoms with E-state index >= 15 is 0 Å². The van der Waals surface area contributed by atoms with Gasteiger partial charge in [0.15, 0.2) is 0 Å². The summed E-state index contributed by atoms with van der Waals surface area (Å²) < 4.78 is 25.7. The maximum absolute atomic E-state index is 14.1. The van der Waals surface area contributed by atoms with Crippen LogP contribution in [-0.4, -0.2) is 47.5 Å². The zero-order chi connectivity index (χ0) is 23.3. The number of fused-ring (bicyclic) bond motifs is 1. The number of nitrogens with one attached hydrogen (secondary N) is 1. The zero-order valence-corrected chi connectivity index (χ0v) is 20.0. The standard InChI is InChI=1S/C26H31FN2O2S/c1-5-29(6-2)14-13-28-26(30)17-24-18(3)23(22-12-9-20(27)16-25(22)24)15-19-7-10-21(11-8-19)32(4)31/h7-12,15-16H,5-6,13-14,17H2,1-4H3,(H,28,30). The Balaban J connectivity index is 1.85. The van der Waals surface area contributed by atoms with Crippen molar-refractivity contribution in [1.29, 1.82) is 0 Å². The Morgan fingerprint density at radius 1 is 1.09 bits per heavy atom. The molecular formula is C26H31FN2O2S. The van der Waals surface area contributed by atoms with E-state index in [9.17, 15) is 13.4 Å². The molecule has 0 saturated heterocycles. The first kappa shape index (κ1) is 24.1. The van der Waals surface area contributed by atoms with Gasteiger partial charge in [0.25, 0.3) is 0 Å². The molecule has 1 unspecified atom stereocenters. The first-order valence-corrected chi connectivity index (χ1v) is 12.5. The monoisotopic (exact) mass is 454 g/mol. The van der Waals surface area contributed by atoms with E-state index in [0.29, 0.717) is 6.54 Å². The molecule has 1 aliphatic rings. The van der Waals surface area contributed by atoms with Crippen LogP contribution in [0.5, 0.6) is 0 Å². The number of benzene rings is 2. The summed E-state index contributed by atoms with van der Waals surface area (Å²) in [6.07, 6.45) is 3.91. The Morgan fingerprint density at radius 2 is 1.78 bits per heavy atom. The number of amides is 1. The molecule has 0 bridgehead atoms. The van der Waals surface area contributed by atoms with E-state index in [1.54, 1.807) is 12.3 Å². The molecule has 0 fully saturated rings. The minimum atomic E-state index is -1.03. The van der Waals surface area contributed by atoms with Crippen LogP contribution in [-0.2, 0) is 15.6 Å². The van der Waals surface area contributed by atoms with Crippen molar-refractivity contribution in [3.05, 3.63) is 70.5 Å². The van der Waals surface area contributed by atoms with Gasteiger partial charge < -0.3 is 10.2 Å². The summed E-state index contributed by atoms with van der Waals surface area (Å²) in [6, 6.07) is 12.3. The maximum atomic E-state index is 14.1. The molecule has 0 radical (unpaired) electrons. The van der Waals surface area contributed by atoms with Gasteiger partial charge in [-0.15, -0.1) is 0 Å². The molecular weight excluding hydrogens is 423 g/mol. The van der Waals surface area contributed by atoms with Gasteiger partial charge in [0, 0.05) is 35.0 Å². The predicted octanol–water partition coefficient (Wildman–Crippen LogP) is 4.74. The number of likely N-dealkylation sites (N-methyl/N-ethyl adjacent to an activating group) is 1. The number of nitrogens with zero attached hydrogens (tertiary/aromatic N) is 1. The number of allylic oxidation sites excluding steroid dienone is 2. The normalized spacial score (nSPS) is 15.4. The molecule has 2 aromatic carbocycles. The molecule has 1 aliphatic carbocycles. The van der Waals surface area contributed by atoms with Gasteiger partial charge in [-0.25, -0.2) is 4.39 Å². The molecule has 0 spiro atoms. The lowest BCUT2D eigenvalue weighted by Gasteiger charge is -2.18. The second-order valence-electron chi connectivity index (χ2n) is 7.93. The van der Waals surface area contributed by atoms with Gasteiger partial charge in [0.1, 0.15) is 5.82 Å². The molecule has 4 nitrogen and oxygen atoms in total. The fourth-order valence-electron chi connectivity index (χ4n) is 4.02. The van der Waals surface area contributed by atoms with Crippen molar-refractivity contribution < 1.29 is 13.4 Å². The molecule has 2 aromatic rings. The molecule has 1 atom stereocenters. The van der Waals surface area contributed by atoms with Gasteiger partial charge in [-0.2, -0.15) is 0 Å². The largest absolute Gasteiger partial charge is 0.355 e. The van der Waals surface area contributed by atoms with E-state index in [1.807, 2.05) is 37.3 Å². The summed E-state index contributed by atoms with van der Waals surface area (Å²) in [7, 11) is -1.03. The fourth-order valence-corrected chi connectivity index (χ4v) is 4.54. The number of hydrogen-bond acceptors (Lipinski definition) is 3. The summed E-state index contributed by atoms with van der Waals surface area (Å²) in [5, 5.41) is 3.00. The molecule has 170 valence electrons. The van der Waals surface area contributed by atoms with Crippen molar-refractivity contribution in [2.24, 2.45) is 0 Å². The molecule has 0 heterocycles. The van der Waals surface area contributed by atoms with Gasteiger partial charge in [0.2, 0.25) is 5.91 Å². The minimum Gasteiger partial charge on any atom is -0.355 e. The Kier molecular flexibility index (Phi) is 8.15. The summed E-state index contributed by atoms with van der Waals surface area (Å²) in [6.45, 7) is 9.50. The van der Waals surface area contributed by atoms with Crippen LogP contribution in [0.3, 0.4) is 0 Å². The SMILES string of the molecule is CCN(CC)CCNC(=O)CC1=C(C)C(=Cc2ccc(S(C)=O)cc2)c2ccc(F)cc21. The van der Waals surface area contributed by atoms with Crippen LogP contribution in [0.15, 0.2) is 52.9 Å². The second kappa shape index (κ2) is 10.8. The highest BCUT2D eigenvalue weighted by atomic mass is 32.2. The number of rotatable bonds is 9. The lowest BCUT2D eigenvalue weighted by molar-refractivity contribution is -0.120. The molecule has 32 heavy (non-hydrogen) atoms. The van der Waals surface area contributed by atoms with Crippen LogP contribution >= 0.6 is 0 Å². The maximum Gasteiger partial charge on any atom is 0.224 e. The smallest absolute Gasteiger partial charge is 0.224 e. The topological polar surface area (TPSA) is 49.4 Å². The molecule has 1 N–H and O–H groups in total. The van der Waals surface area contributed by atoms with Crippen molar-refractivity contribution in [2.45, 2.75) is 32.1 Å². The molecule has 0 aromatic heterocycles. The van der Waals surface area contributed by atoms with Gasteiger partial charge in [-0.1, -0.05) is 32.0 Å². The van der Waals surface area contributed by atoms with Crippen molar-refractivity contribution in [2.75, 3.05) is 32.4 Å². The highest BCUT2D eigenvalue weighted by Gasteiger charge is 2.25. The minimum absolute atomic E-state index is 0.0576. The lowest BCUT2D eigenvalue weighted by Crippen LogP contribution is -2.34. The number of hydrogen-bond donors (Lipinski definition) is 1. The van der Waals surface area contributed by atoms with Crippen LogP contribution in [0.2, 0.25) is 0 Å². The first-order chi connectivity index (χ1) is 15.3. The number of halogens is 1. The Hall–Kier alpha value is -2.57. The van der Waals surface area contributed by atoms with Crippen molar-refractivity contribution in [3.8, 4) is 0 Å². The van der Waals surface area contributed by atoms with Crippen LogP contribution in [0.25, 0.3) is 17.2 Å². The Labute approximate surface area is 192 Å². The average Bonchev–Trinajstić information content (AvgIpc) is 3.02. The zero-order valence-electron chi connectivity index (χ0n) is 19.2. The highest BCUT2D eigenvalue weighted by Crippen LogP contribution is 2.43. The van der Waals surface area contributed by atoms with Gasteiger partial charge in [-0.05, 0) is 83.8 Å². The van der Waals surface area contributed by atoms with Crippen LogP contribution in [0.4, 0.5) is 4.39 Å². The quantitative estimate of drug-likeness (QED) is 0.596. The Bertz CT molecular complexity index is 1070. The van der Waals surface area contributed by atoms with E-state index in [2.05, 4.69) is 24.1 Å². The molecule has 1 amide bonds. The molecule has 0 aliphatic heterocycles. The predicted molar refractivity (Wildman–Crippen MR) is 131 cm³/mol. The summed E-state index contributed by atoms with van der Waals surface area (Å²) in [5.41, 5.74) is 5.49. The first-order valence-electron chi connectivity index (χ1n) is 11.0. The van der Waals surface area contributed by atoms with Crippen molar-refractivity contribution in [3.63, 3.8) is 0 Å². The van der Waals surface area contributed by atoms with Crippen molar-refractivity contribution >= 4 is 33.9 Å². The Morgan fingerprint density at radius 3 is 2.41 bits per heavy atom. The van der Waals surface area contributed by atoms with E-state index < -0.39 is 10.8 Å². The van der Waals surface area contributed by atoms with Crippen LogP contribution < -0.4 is 5.32 Å². The van der Waals surface area contributed by atoms with E-state index in [-0.39, 0.29) is 18.1 Å². The van der Waals surface area contributed by atoms with Gasteiger partial charge >= 0.3 is 0 Å². The van der Waals surface area contributed by atoms with Crippen molar-refractivity contribution in [1.82, 2.24) is 10.2 Å². The summed E-state index contributed by atoms with van der Waals surface area (Å²) in [4.78, 5) is 15.7. The third-order valence-corrected chi connectivity index (χ3v) is 6.89. The summed E-state index contributed by atoms with van der Waals surface area (Å²) >= 11 is 0. The van der Waals surface area contributed by atoms with Crippen LogP contribution in [0, 0.1) is 5.82 Å². The molecule has 6 heteroatoms. The highest BCUT2D eigenvalue weighted by molar-refractivity contribution is 7.84. The van der Waals surface area contributed by atoms with E-state index in [4.69, 9.17) is 0 Å². The third kappa shape index (κ3) is 5.61. The molecule has 0 saturated carbocycles. The number of carbonyl (C=O) groups is 1. The van der Waals surface area contributed by atoms with E-state index in [0.717, 1.165) is 57.9 Å². The summed E-state index contributed by atoms with van der Waals surface area (Å²) in [5.74, 6) is -0.371. The fraction of sp³-hybridized carbons (Fsp3) is 0.346. The third-order valence-electron chi connectivity index (χ3n) is 5.96. The van der Waals surface area contributed by atoms with Gasteiger partial charge in [-0.3, -0.25) is 9.00 Å². The van der Waals surface area contributed by atoms with Gasteiger partial charge in [0.05, 0.1) is 6.42 Å². The molecule has 3 rings (SSSR count). The second-order valence-corrected chi connectivity index (χ2v) is 9.31.